The van der Waals surface area contributed by atoms with Gasteiger partial charge >= 0.3 is 0 Å². The van der Waals surface area contributed by atoms with Gasteiger partial charge in [0.05, 0.1) is 12.2 Å². The molecule has 0 atom stereocenters. The molecule has 2 nitrogen and oxygen atoms in total. The van der Waals surface area contributed by atoms with Crippen LogP contribution >= 0.6 is 0 Å². The number of carbonyl (C=O) groups is 1. The molecule has 0 radical (unpaired) electrons. The van der Waals surface area contributed by atoms with Gasteiger partial charge in [-0.3, -0.25) is 0 Å². The summed E-state index contributed by atoms with van der Waals surface area (Å²) in [5.74, 6) is 0.799. The minimum absolute atomic E-state index is 0.0923. The van der Waals surface area contributed by atoms with E-state index >= 15 is 0 Å². The standard InChI is InChI=1S/C10H16O2/c1-9(2,7-11)6-10-3-8(4-10)5-12-10/h7-8H,3-6H2,1-2H3. The molecule has 1 aliphatic carbocycles. The predicted molar refractivity (Wildman–Crippen MR) is 45.9 cm³/mol. The molecule has 0 spiro atoms. The summed E-state index contributed by atoms with van der Waals surface area (Å²) in [7, 11) is 0. The third-order valence-corrected chi connectivity index (χ3v) is 3.04. The summed E-state index contributed by atoms with van der Waals surface area (Å²) in [6.07, 6.45) is 4.32. The Bertz CT molecular complexity index is 196. The number of rotatable bonds is 3. The molecule has 0 aromatic rings. The molecular formula is C10H16O2. The highest BCUT2D eigenvalue weighted by Crippen LogP contribution is 2.53. The van der Waals surface area contributed by atoms with Gasteiger partial charge in [0.15, 0.2) is 0 Å². The van der Waals surface area contributed by atoms with Crippen molar-refractivity contribution in [2.75, 3.05) is 6.61 Å². The molecule has 0 unspecified atom stereocenters. The van der Waals surface area contributed by atoms with Gasteiger partial charge in [-0.25, -0.2) is 0 Å². The zero-order chi connectivity index (χ0) is 8.82. The van der Waals surface area contributed by atoms with E-state index in [1.54, 1.807) is 0 Å². The molecule has 2 heterocycles. The summed E-state index contributed by atoms with van der Waals surface area (Å²) in [6.45, 7) is 4.91. The Morgan fingerprint density at radius 1 is 1.58 bits per heavy atom. The van der Waals surface area contributed by atoms with Crippen LogP contribution in [0.2, 0.25) is 0 Å². The molecule has 2 heteroatoms. The Morgan fingerprint density at radius 2 is 2.25 bits per heavy atom. The third kappa shape index (κ3) is 1.18. The van der Waals surface area contributed by atoms with Gasteiger partial charge in [0.2, 0.25) is 0 Å². The maximum absolute atomic E-state index is 10.7. The monoisotopic (exact) mass is 168 g/mol. The molecule has 1 saturated carbocycles. The first-order valence-corrected chi connectivity index (χ1v) is 4.66. The van der Waals surface area contributed by atoms with Crippen molar-refractivity contribution < 1.29 is 9.53 Å². The van der Waals surface area contributed by atoms with E-state index in [1.165, 1.54) is 12.8 Å². The third-order valence-electron chi connectivity index (χ3n) is 3.04. The minimum atomic E-state index is -0.199. The van der Waals surface area contributed by atoms with E-state index in [0.29, 0.717) is 0 Å². The normalized spacial score (nSPS) is 39.3. The topological polar surface area (TPSA) is 26.3 Å². The molecule has 12 heavy (non-hydrogen) atoms. The first kappa shape index (κ1) is 8.24. The van der Waals surface area contributed by atoms with Crippen molar-refractivity contribution in [3.63, 3.8) is 0 Å². The number of hydrogen-bond donors (Lipinski definition) is 0. The highest BCUT2D eigenvalue weighted by Gasteiger charge is 2.53. The van der Waals surface area contributed by atoms with Gasteiger partial charge in [0.1, 0.15) is 6.29 Å². The first-order chi connectivity index (χ1) is 5.55. The van der Waals surface area contributed by atoms with Crippen LogP contribution < -0.4 is 0 Å². The second kappa shape index (κ2) is 2.32. The SMILES string of the molecule is CC(C)(C=O)CC12CC(CO1)C2. The van der Waals surface area contributed by atoms with Crippen LogP contribution in [0, 0.1) is 11.3 Å². The second-order valence-corrected chi connectivity index (χ2v) is 5.05. The molecular weight excluding hydrogens is 152 g/mol. The Kier molecular flexibility index (Phi) is 1.59. The lowest BCUT2D eigenvalue weighted by atomic mass is 9.67. The Balaban J connectivity index is 1.99. The van der Waals surface area contributed by atoms with Crippen molar-refractivity contribution >= 4 is 6.29 Å². The van der Waals surface area contributed by atoms with Crippen LogP contribution in [0.3, 0.4) is 0 Å². The van der Waals surface area contributed by atoms with Crippen molar-refractivity contribution in [2.45, 2.75) is 38.7 Å². The molecule has 0 amide bonds. The van der Waals surface area contributed by atoms with Gasteiger partial charge in [0, 0.05) is 5.41 Å². The van der Waals surface area contributed by atoms with Gasteiger partial charge in [-0.15, -0.1) is 0 Å². The van der Waals surface area contributed by atoms with Crippen LogP contribution in [0.15, 0.2) is 0 Å². The molecule has 2 aliphatic heterocycles. The summed E-state index contributed by atoms with van der Waals surface area (Å²) in [5.41, 5.74) is -0.107. The van der Waals surface area contributed by atoms with Crippen molar-refractivity contribution in [1.29, 1.82) is 0 Å². The maximum atomic E-state index is 10.7. The van der Waals surface area contributed by atoms with Crippen LogP contribution in [0.1, 0.15) is 33.1 Å². The number of ether oxygens (including phenoxy) is 1. The lowest BCUT2D eigenvalue weighted by molar-refractivity contribution is -0.119. The van der Waals surface area contributed by atoms with Crippen molar-refractivity contribution in [3.8, 4) is 0 Å². The number of aldehydes is 1. The van der Waals surface area contributed by atoms with E-state index in [1.807, 2.05) is 13.8 Å². The molecule has 0 aromatic heterocycles. The smallest absolute Gasteiger partial charge is 0.125 e. The lowest BCUT2D eigenvalue weighted by Crippen LogP contribution is -2.41. The maximum Gasteiger partial charge on any atom is 0.125 e. The van der Waals surface area contributed by atoms with E-state index in [2.05, 4.69) is 0 Å². The van der Waals surface area contributed by atoms with Gasteiger partial charge in [0.25, 0.3) is 0 Å². The highest BCUT2D eigenvalue weighted by atomic mass is 16.5. The van der Waals surface area contributed by atoms with Crippen molar-refractivity contribution in [2.24, 2.45) is 11.3 Å². The van der Waals surface area contributed by atoms with Gasteiger partial charge in [-0.05, 0) is 25.2 Å². The summed E-state index contributed by atoms with van der Waals surface area (Å²) < 4.78 is 5.69. The van der Waals surface area contributed by atoms with E-state index in [0.717, 1.165) is 25.2 Å². The van der Waals surface area contributed by atoms with E-state index in [-0.39, 0.29) is 11.0 Å². The second-order valence-electron chi connectivity index (χ2n) is 5.05. The van der Waals surface area contributed by atoms with E-state index in [9.17, 15) is 4.79 Å². The molecule has 3 fully saturated rings. The highest BCUT2D eigenvalue weighted by molar-refractivity contribution is 5.58. The predicted octanol–water partition coefficient (Wildman–Crippen LogP) is 1.78. The number of hydrogen-bond acceptors (Lipinski definition) is 2. The van der Waals surface area contributed by atoms with Crippen LogP contribution in [0.4, 0.5) is 0 Å². The molecule has 68 valence electrons. The summed E-state index contributed by atoms with van der Waals surface area (Å²) in [5, 5.41) is 0. The Morgan fingerprint density at radius 3 is 2.67 bits per heavy atom. The van der Waals surface area contributed by atoms with Gasteiger partial charge in [-0.2, -0.15) is 0 Å². The summed E-state index contributed by atoms with van der Waals surface area (Å²) >= 11 is 0. The summed E-state index contributed by atoms with van der Waals surface area (Å²) in [6, 6.07) is 0. The van der Waals surface area contributed by atoms with Crippen LogP contribution in [0.25, 0.3) is 0 Å². The quantitative estimate of drug-likeness (QED) is 0.600. The van der Waals surface area contributed by atoms with Crippen molar-refractivity contribution in [1.82, 2.24) is 0 Å². The van der Waals surface area contributed by atoms with E-state index in [4.69, 9.17) is 4.74 Å². The average molecular weight is 168 g/mol. The molecule has 0 N–H and O–H groups in total. The van der Waals surface area contributed by atoms with Gasteiger partial charge in [-0.1, -0.05) is 13.8 Å². The summed E-state index contributed by atoms with van der Waals surface area (Å²) in [4.78, 5) is 10.7. The Labute approximate surface area is 73.3 Å². The Hall–Kier alpha value is -0.370. The molecule has 3 rings (SSSR count). The fourth-order valence-corrected chi connectivity index (χ4v) is 2.59. The minimum Gasteiger partial charge on any atom is -0.375 e. The zero-order valence-electron chi connectivity index (χ0n) is 7.80. The molecule has 3 aliphatic rings. The molecule has 0 aromatic carbocycles. The zero-order valence-corrected chi connectivity index (χ0v) is 7.80. The number of carbonyl (C=O) groups excluding carboxylic acids is 1. The average Bonchev–Trinajstić information content (AvgIpc) is 2.44. The van der Waals surface area contributed by atoms with Gasteiger partial charge < -0.3 is 9.53 Å². The number of fused-ring (bicyclic) bond motifs is 1. The first-order valence-electron chi connectivity index (χ1n) is 4.66. The fraction of sp³-hybridized carbons (Fsp3) is 0.900. The lowest BCUT2D eigenvalue weighted by Gasteiger charge is -2.39. The molecule has 2 bridgehead atoms. The van der Waals surface area contributed by atoms with Crippen molar-refractivity contribution in [3.05, 3.63) is 0 Å². The van der Waals surface area contributed by atoms with Crippen LogP contribution in [-0.4, -0.2) is 18.5 Å². The van der Waals surface area contributed by atoms with Crippen LogP contribution in [0.5, 0.6) is 0 Å². The fourth-order valence-electron chi connectivity index (χ4n) is 2.59. The van der Waals surface area contributed by atoms with Crippen LogP contribution in [-0.2, 0) is 9.53 Å². The van der Waals surface area contributed by atoms with E-state index < -0.39 is 0 Å². The largest absolute Gasteiger partial charge is 0.375 e. The molecule has 2 saturated heterocycles.